The molecule has 2 nitrogen and oxygen atoms in total. The highest BCUT2D eigenvalue weighted by Gasteiger charge is 2.03. The second kappa shape index (κ2) is 2.89. The Morgan fingerprint density at radius 3 is 2.92 bits per heavy atom. The first kappa shape index (κ1) is 8.32. The number of halogens is 1. The number of aryl methyl sites for hydroxylation is 1. The first-order chi connectivity index (χ1) is 6.18. The lowest BCUT2D eigenvalue weighted by Gasteiger charge is -2.03. The summed E-state index contributed by atoms with van der Waals surface area (Å²) in [5.41, 5.74) is 1.64. The topological polar surface area (TPSA) is 33.1 Å². The Morgan fingerprint density at radius 2 is 2.15 bits per heavy atom. The summed E-state index contributed by atoms with van der Waals surface area (Å²) in [6.45, 7) is 1.85. The molecule has 0 fully saturated rings. The zero-order valence-electron chi connectivity index (χ0n) is 7.08. The van der Waals surface area contributed by atoms with Crippen molar-refractivity contribution >= 4 is 22.5 Å². The summed E-state index contributed by atoms with van der Waals surface area (Å²) < 4.78 is 0. The Bertz CT molecular complexity index is 468. The van der Waals surface area contributed by atoms with Crippen molar-refractivity contribution in [1.82, 2.24) is 4.98 Å². The SMILES string of the molecule is Cc1c(O)cnc2cc(Cl)ccc12. The molecule has 0 saturated carbocycles. The molecule has 1 aromatic carbocycles. The van der Waals surface area contributed by atoms with Gasteiger partial charge in [-0.2, -0.15) is 0 Å². The summed E-state index contributed by atoms with van der Waals surface area (Å²) in [5, 5.41) is 11.0. The monoisotopic (exact) mass is 193 g/mol. The molecule has 0 saturated heterocycles. The van der Waals surface area contributed by atoms with E-state index in [9.17, 15) is 5.11 Å². The molecule has 66 valence electrons. The first-order valence-electron chi connectivity index (χ1n) is 3.92. The number of fused-ring (bicyclic) bond motifs is 1. The predicted molar refractivity (Wildman–Crippen MR) is 53.2 cm³/mol. The summed E-state index contributed by atoms with van der Waals surface area (Å²) in [7, 11) is 0. The molecule has 3 heteroatoms. The maximum Gasteiger partial charge on any atom is 0.137 e. The molecule has 13 heavy (non-hydrogen) atoms. The molecule has 1 aromatic heterocycles. The second-order valence-electron chi connectivity index (χ2n) is 2.93. The number of aromatic nitrogens is 1. The van der Waals surface area contributed by atoms with E-state index in [0.717, 1.165) is 16.5 Å². The molecule has 1 heterocycles. The standard InChI is InChI=1S/C10H8ClNO/c1-6-8-3-2-7(11)4-9(8)12-5-10(6)13/h2-5,13H,1H3. The summed E-state index contributed by atoms with van der Waals surface area (Å²) in [5.74, 6) is 0.217. The van der Waals surface area contributed by atoms with Gasteiger partial charge in [-0.3, -0.25) is 4.98 Å². The lowest BCUT2D eigenvalue weighted by atomic mass is 10.1. The Hall–Kier alpha value is -1.28. The highest BCUT2D eigenvalue weighted by Crippen LogP contribution is 2.25. The van der Waals surface area contributed by atoms with Crippen LogP contribution in [0.3, 0.4) is 0 Å². The molecule has 0 amide bonds. The van der Waals surface area contributed by atoms with E-state index in [1.165, 1.54) is 6.20 Å². The predicted octanol–water partition coefficient (Wildman–Crippen LogP) is 2.90. The van der Waals surface area contributed by atoms with Crippen molar-refractivity contribution in [2.45, 2.75) is 6.92 Å². The van der Waals surface area contributed by atoms with Gasteiger partial charge < -0.3 is 5.11 Å². The zero-order valence-corrected chi connectivity index (χ0v) is 7.84. The van der Waals surface area contributed by atoms with Crippen molar-refractivity contribution in [2.75, 3.05) is 0 Å². The maximum atomic E-state index is 9.39. The quantitative estimate of drug-likeness (QED) is 0.698. The van der Waals surface area contributed by atoms with Crippen LogP contribution in [0.5, 0.6) is 5.75 Å². The molecular weight excluding hydrogens is 186 g/mol. The van der Waals surface area contributed by atoms with Gasteiger partial charge in [-0.05, 0) is 19.1 Å². The van der Waals surface area contributed by atoms with Gasteiger partial charge >= 0.3 is 0 Å². The van der Waals surface area contributed by atoms with Gasteiger partial charge in [-0.1, -0.05) is 17.7 Å². The van der Waals surface area contributed by atoms with Crippen molar-refractivity contribution < 1.29 is 5.11 Å². The molecule has 0 bridgehead atoms. The summed E-state index contributed by atoms with van der Waals surface area (Å²) in [4.78, 5) is 4.07. The smallest absolute Gasteiger partial charge is 0.137 e. The van der Waals surface area contributed by atoms with E-state index >= 15 is 0 Å². The van der Waals surface area contributed by atoms with Gasteiger partial charge in [-0.15, -0.1) is 0 Å². The maximum absolute atomic E-state index is 9.39. The van der Waals surface area contributed by atoms with Gasteiger partial charge in [0.25, 0.3) is 0 Å². The van der Waals surface area contributed by atoms with Crippen LogP contribution in [0.15, 0.2) is 24.4 Å². The number of nitrogens with zero attached hydrogens (tertiary/aromatic N) is 1. The Morgan fingerprint density at radius 1 is 1.38 bits per heavy atom. The average molecular weight is 194 g/mol. The molecule has 0 aliphatic rings. The van der Waals surface area contributed by atoms with E-state index in [4.69, 9.17) is 11.6 Å². The van der Waals surface area contributed by atoms with E-state index in [-0.39, 0.29) is 5.75 Å². The average Bonchev–Trinajstić information content (AvgIpc) is 2.12. The van der Waals surface area contributed by atoms with Crippen molar-refractivity contribution in [3.8, 4) is 5.75 Å². The minimum absolute atomic E-state index is 0.217. The Kier molecular flexibility index (Phi) is 1.85. The number of hydrogen-bond acceptors (Lipinski definition) is 2. The normalized spacial score (nSPS) is 10.6. The molecule has 0 unspecified atom stereocenters. The molecular formula is C10H8ClNO. The van der Waals surface area contributed by atoms with Crippen molar-refractivity contribution in [1.29, 1.82) is 0 Å². The number of aromatic hydroxyl groups is 1. The highest BCUT2D eigenvalue weighted by atomic mass is 35.5. The minimum Gasteiger partial charge on any atom is -0.506 e. The van der Waals surface area contributed by atoms with Crippen LogP contribution >= 0.6 is 11.6 Å². The van der Waals surface area contributed by atoms with Gasteiger partial charge in [0.2, 0.25) is 0 Å². The lowest BCUT2D eigenvalue weighted by molar-refractivity contribution is 0.470. The molecule has 0 aliphatic carbocycles. The summed E-state index contributed by atoms with van der Waals surface area (Å²) in [6.07, 6.45) is 1.44. The zero-order chi connectivity index (χ0) is 9.42. The van der Waals surface area contributed by atoms with E-state index in [1.54, 1.807) is 12.1 Å². The Labute approximate surface area is 80.8 Å². The molecule has 0 aliphatic heterocycles. The molecule has 1 N–H and O–H groups in total. The van der Waals surface area contributed by atoms with Crippen LogP contribution < -0.4 is 0 Å². The van der Waals surface area contributed by atoms with E-state index in [2.05, 4.69) is 4.98 Å². The van der Waals surface area contributed by atoms with E-state index < -0.39 is 0 Å². The largest absolute Gasteiger partial charge is 0.506 e. The third kappa shape index (κ3) is 1.33. The van der Waals surface area contributed by atoms with Crippen LogP contribution in [0, 0.1) is 6.92 Å². The van der Waals surface area contributed by atoms with Crippen LogP contribution in [0.25, 0.3) is 10.9 Å². The fourth-order valence-corrected chi connectivity index (χ4v) is 1.46. The molecule has 2 aromatic rings. The third-order valence-electron chi connectivity index (χ3n) is 2.07. The van der Waals surface area contributed by atoms with Crippen LogP contribution in [0.4, 0.5) is 0 Å². The van der Waals surface area contributed by atoms with Gasteiger partial charge in [0, 0.05) is 16.0 Å². The second-order valence-corrected chi connectivity index (χ2v) is 3.37. The van der Waals surface area contributed by atoms with Crippen molar-refractivity contribution in [2.24, 2.45) is 0 Å². The molecule has 0 radical (unpaired) electrons. The van der Waals surface area contributed by atoms with Crippen molar-refractivity contribution in [3.05, 3.63) is 35.0 Å². The lowest BCUT2D eigenvalue weighted by Crippen LogP contribution is -1.83. The Balaban J connectivity index is 2.87. The fraction of sp³-hybridized carbons (Fsp3) is 0.100. The number of rotatable bonds is 0. The van der Waals surface area contributed by atoms with Crippen LogP contribution in [0.2, 0.25) is 5.02 Å². The van der Waals surface area contributed by atoms with Gasteiger partial charge in [0.15, 0.2) is 0 Å². The van der Waals surface area contributed by atoms with Gasteiger partial charge in [-0.25, -0.2) is 0 Å². The summed E-state index contributed by atoms with van der Waals surface area (Å²) >= 11 is 5.81. The number of pyridine rings is 1. The highest BCUT2D eigenvalue weighted by molar-refractivity contribution is 6.31. The number of benzene rings is 1. The number of hydrogen-bond donors (Lipinski definition) is 1. The van der Waals surface area contributed by atoms with Gasteiger partial charge in [0.1, 0.15) is 5.75 Å². The third-order valence-corrected chi connectivity index (χ3v) is 2.31. The van der Waals surface area contributed by atoms with Gasteiger partial charge in [0.05, 0.1) is 11.7 Å². The molecule has 0 atom stereocenters. The minimum atomic E-state index is 0.217. The van der Waals surface area contributed by atoms with Crippen LogP contribution in [0.1, 0.15) is 5.56 Å². The van der Waals surface area contributed by atoms with Crippen molar-refractivity contribution in [3.63, 3.8) is 0 Å². The van der Waals surface area contributed by atoms with E-state index in [1.807, 2.05) is 13.0 Å². The summed E-state index contributed by atoms with van der Waals surface area (Å²) in [6, 6.07) is 5.43. The molecule has 0 spiro atoms. The van der Waals surface area contributed by atoms with Crippen LogP contribution in [-0.4, -0.2) is 10.1 Å². The fourth-order valence-electron chi connectivity index (χ4n) is 1.29. The van der Waals surface area contributed by atoms with Crippen LogP contribution in [-0.2, 0) is 0 Å². The molecule has 2 rings (SSSR count). The first-order valence-corrected chi connectivity index (χ1v) is 4.30. The van der Waals surface area contributed by atoms with E-state index in [0.29, 0.717) is 5.02 Å².